The van der Waals surface area contributed by atoms with Crippen molar-refractivity contribution in [3.63, 3.8) is 0 Å². The molecule has 0 atom stereocenters. The van der Waals surface area contributed by atoms with E-state index in [0.29, 0.717) is 0 Å². The normalized spacial score (nSPS) is 14.7. The van der Waals surface area contributed by atoms with E-state index in [9.17, 15) is 0 Å². The van der Waals surface area contributed by atoms with Crippen LogP contribution in [0.4, 0.5) is 0 Å². The van der Waals surface area contributed by atoms with Gasteiger partial charge in [-0.25, -0.2) is 0 Å². The maximum absolute atomic E-state index is 6.94. The molecule has 0 radical (unpaired) electrons. The lowest BCUT2D eigenvalue weighted by molar-refractivity contribution is 0.670. The topological polar surface area (TPSA) is 31.2 Å². The smallest absolute Gasteiger partial charge is 0.249 e. The molecular weight excluding hydrogens is 636 g/mol. The fourth-order valence-electron chi connectivity index (χ4n) is 9.90. The van der Waals surface area contributed by atoms with Crippen LogP contribution in [-0.2, 0) is 0 Å². The Labute approximate surface area is 288 Å². The van der Waals surface area contributed by atoms with Crippen molar-refractivity contribution in [3.05, 3.63) is 115 Å². The molecule has 7 heteroatoms. The second kappa shape index (κ2) is 8.14. The minimum Gasteiger partial charge on any atom is -0.455 e. The molecule has 4 aliphatic rings. The zero-order chi connectivity index (χ0) is 31.3. The lowest BCUT2D eigenvalue weighted by atomic mass is 9.31. The maximum atomic E-state index is 6.94. The molecular formula is C42H19B2NO2S2. The summed E-state index contributed by atoms with van der Waals surface area (Å²) in [5, 5.41) is 7.00. The van der Waals surface area contributed by atoms with Crippen molar-refractivity contribution >= 4 is 135 Å². The molecule has 0 saturated heterocycles. The summed E-state index contributed by atoms with van der Waals surface area (Å²) < 4.78 is 16.5. The van der Waals surface area contributed by atoms with Gasteiger partial charge in [0, 0.05) is 46.8 Å². The number of hydrogen-bond acceptors (Lipinski definition) is 4. The highest BCUT2D eigenvalue weighted by atomic mass is 32.2. The van der Waals surface area contributed by atoms with Crippen LogP contribution in [0.1, 0.15) is 0 Å². The molecule has 7 aromatic carbocycles. The van der Waals surface area contributed by atoms with Crippen molar-refractivity contribution in [2.75, 3.05) is 0 Å². The SMILES string of the molecule is c1ccc2c(c1)Sc1cc3c4c5c1B2c1cc2c6ccccc6oc2c2c6c7oc8ccccc8c7cc(c6n-5c12)B4c1ccccc1S3. The summed E-state index contributed by atoms with van der Waals surface area (Å²) in [6.07, 6.45) is 0. The molecule has 49 heavy (non-hydrogen) atoms. The van der Waals surface area contributed by atoms with Crippen LogP contribution in [0.5, 0.6) is 0 Å². The highest BCUT2D eigenvalue weighted by Gasteiger charge is 2.48. The molecule has 4 aliphatic heterocycles. The minimum absolute atomic E-state index is 0.112. The monoisotopic (exact) mass is 655 g/mol. The summed E-state index contributed by atoms with van der Waals surface area (Å²) in [6, 6.07) is 42.6. The Morgan fingerprint density at radius 2 is 0.918 bits per heavy atom. The van der Waals surface area contributed by atoms with Gasteiger partial charge >= 0.3 is 0 Å². The van der Waals surface area contributed by atoms with E-state index in [2.05, 4.69) is 120 Å². The first kappa shape index (κ1) is 24.8. The summed E-state index contributed by atoms with van der Waals surface area (Å²) in [5.41, 5.74) is 16.0. The third kappa shape index (κ3) is 2.68. The van der Waals surface area contributed by atoms with E-state index < -0.39 is 0 Å². The Hall–Kier alpha value is -5.23. The zero-order valence-corrected chi connectivity index (χ0v) is 27.3. The van der Waals surface area contributed by atoms with Crippen LogP contribution >= 0.6 is 23.5 Å². The second-order valence-electron chi connectivity index (χ2n) is 13.9. The number of fused-ring (bicyclic) bond motifs is 15. The van der Waals surface area contributed by atoms with Crippen LogP contribution in [0.2, 0.25) is 0 Å². The molecule has 3 nitrogen and oxygen atoms in total. The molecule has 0 aliphatic carbocycles. The molecule has 0 unspecified atom stereocenters. The van der Waals surface area contributed by atoms with Gasteiger partial charge in [-0.1, -0.05) is 119 Å². The van der Waals surface area contributed by atoms with E-state index in [1.807, 2.05) is 23.5 Å². The van der Waals surface area contributed by atoms with Crippen LogP contribution in [-0.4, -0.2) is 18.0 Å². The average Bonchev–Trinajstić information content (AvgIpc) is 3.82. The fourth-order valence-corrected chi connectivity index (χ4v) is 12.4. The lowest BCUT2D eigenvalue weighted by Gasteiger charge is -2.40. The van der Waals surface area contributed by atoms with Gasteiger partial charge in [-0.05, 0) is 52.2 Å². The van der Waals surface area contributed by atoms with Crippen molar-refractivity contribution in [1.29, 1.82) is 0 Å². The van der Waals surface area contributed by atoms with Gasteiger partial charge in [0.15, 0.2) is 0 Å². The predicted octanol–water partition coefficient (Wildman–Crippen LogP) is 7.17. The highest BCUT2D eigenvalue weighted by molar-refractivity contribution is 8.01. The molecule has 0 saturated carbocycles. The summed E-state index contributed by atoms with van der Waals surface area (Å²) in [7, 11) is 0. The van der Waals surface area contributed by atoms with E-state index in [1.165, 1.54) is 90.6 Å². The average molecular weight is 655 g/mol. The standard InChI is InChI=1S/C42H19B2NO2S2/c1-5-13-28-20(9-1)22-17-26-38-34(41(22)46-28)35-39-27(18-23-21-10-2-6-14-29(21)47-42(23)35)44-25-12-4-8-16-31(25)49-33-19-32-36(40(37(33)44)45(38)39)43(26)24-11-3-7-15-30(24)48-32/h1-19H. The molecule has 222 valence electrons. The predicted molar refractivity (Wildman–Crippen MR) is 206 cm³/mol. The number of hydrogen-bond donors (Lipinski definition) is 0. The summed E-state index contributed by atoms with van der Waals surface area (Å²) in [4.78, 5) is 5.43. The summed E-state index contributed by atoms with van der Waals surface area (Å²) in [6.45, 7) is 0.223. The molecule has 7 heterocycles. The van der Waals surface area contributed by atoms with E-state index in [4.69, 9.17) is 8.83 Å². The second-order valence-corrected chi connectivity index (χ2v) is 16.0. The Morgan fingerprint density at radius 1 is 0.449 bits per heavy atom. The number of rotatable bonds is 0. The van der Waals surface area contributed by atoms with Gasteiger partial charge in [0.05, 0.1) is 21.8 Å². The molecule has 0 spiro atoms. The van der Waals surface area contributed by atoms with Gasteiger partial charge in [-0.2, -0.15) is 0 Å². The number of nitrogens with zero attached hydrogens (tertiary/aromatic N) is 1. The highest BCUT2D eigenvalue weighted by Crippen LogP contribution is 2.48. The number of furan rings is 2. The first-order chi connectivity index (χ1) is 24.3. The van der Waals surface area contributed by atoms with E-state index in [0.717, 1.165) is 33.1 Å². The van der Waals surface area contributed by atoms with Crippen molar-refractivity contribution < 1.29 is 8.83 Å². The van der Waals surface area contributed by atoms with E-state index in [-0.39, 0.29) is 13.4 Å². The Morgan fingerprint density at radius 3 is 1.45 bits per heavy atom. The molecule has 0 amide bonds. The maximum Gasteiger partial charge on any atom is 0.249 e. The summed E-state index contributed by atoms with van der Waals surface area (Å²) in [5.74, 6) is 0. The van der Waals surface area contributed by atoms with Gasteiger partial charge in [-0.15, -0.1) is 0 Å². The zero-order valence-electron chi connectivity index (χ0n) is 25.7. The van der Waals surface area contributed by atoms with Gasteiger partial charge < -0.3 is 13.4 Å². The van der Waals surface area contributed by atoms with Crippen LogP contribution in [0.15, 0.2) is 144 Å². The molecule has 0 fully saturated rings. The Bertz CT molecular complexity index is 3050. The molecule has 0 bridgehead atoms. The fraction of sp³-hybridized carbons (Fsp3) is 0. The van der Waals surface area contributed by atoms with Crippen molar-refractivity contribution in [1.82, 2.24) is 4.57 Å². The van der Waals surface area contributed by atoms with Gasteiger partial charge in [0.1, 0.15) is 22.3 Å². The third-order valence-electron chi connectivity index (χ3n) is 11.7. The van der Waals surface area contributed by atoms with Gasteiger partial charge in [-0.3, -0.25) is 0 Å². The first-order valence-corrected chi connectivity index (χ1v) is 18.5. The van der Waals surface area contributed by atoms with E-state index in [1.54, 1.807) is 0 Å². The number of benzene rings is 7. The van der Waals surface area contributed by atoms with Crippen LogP contribution < -0.4 is 32.8 Å². The van der Waals surface area contributed by atoms with Crippen molar-refractivity contribution in [2.45, 2.75) is 19.6 Å². The molecule has 14 rings (SSSR count). The van der Waals surface area contributed by atoms with Gasteiger partial charge in [0.25, 0.3) is 0 Å². The number of para-hydroxylation sites is 2. The minimum atomic E-state index is 0.112. The Kier molecular flexibility index (Phi) is 4.13. The molecule has 0 N–H and O–H groups in total. The summed E-state index contributed by atoms with van der Waals surface area (Å²) >= 11 is 3.87. The van der Waals surface area contributed by atoms with Crippen molar-refractivity contribution in [3.8, 4) is 5.69 Å². The van der Waals surface area contributed by atoms with Crippen LogP contribution in [0.3, 0.4) is 0 Å². The lowest BCUT2D eigenvalue weighted by Crippen LogP contribution is -2.65. The third-order valence-corrected chi connectivity index (χ3v) is 14.0. The first-order valence-electron chi connectivity index (χ1n) is 16.8. The quantitative estimate of drug-likeness (QED) is 0.162. The Balaban J connectivity index is 1.33. The number of aromatic nitrogens is 1. The van der Waals surface area contributed by atoms with Crippen LogP contribution in [0.25, 0.3) is 71.4 Å². The molecule has 10 aromatic rings. The van der Waals surface area contributed by atoms with Gasteiger partial charge in [0.2, 0.25) is 13.4 Å². The largest absolute Gasteiger partial charge is 0.455 e. The molecule has 3 aromatic heterocycles. The van der Waals surface area contributed by atoms with E-state index >= 15 is 0 Å². The van der Waals surface area contributed by atoms with Crippen LogP contribution in [0, 0.1) is 0 Å². The van der Waals surface area contributed by atoms with Crippen molar-refractivity contribution in [2.24, 2.45) is 0 Å².